The molecule has 1 saturated heterocycles. The van der Waals surface area contributed by atoms with Gasteiger partial charge in [-0.1, -0.05) is 29.1 Å². The number of nitrogen functional groups attached to an aromatic ring is 1. The number of carbonyl (C=O) groups is 4. The first-order valence-electron chi connectivity index (χ1n) is 10.6. The fourth-order valence-corrected chi connectivity index (χ4v) is 7.89. The van der Waals surface area contributed by atoms with Crippen LogP contribution in [0.4, 0.5) is 5.13 Å². The molecule has 2 aliphatic heterocycles. The van der Waals surface area contributed by atoms with Crippen LogP contribution in [0.1, 0.15) is 5.69 Å². The lowest BCUT2D eigenvalue weighted by Crippen LogP contribution is -2.71. The SMILES string of the molecule is Nc1nc(/C(=N/OCC(=O)O)C(=O)NC2C(=O)N3C(C(=O)O)=C(Sc4nc5ccccc5s4)CS[C@@H]23)cs1. The Bertz CT molecular complexity index is 1500. The number of oxime groups is 1. The minimum Gasteiger partial charge on any atom is -0.479 e. The lowest BCUT2D eigenvalue weighted by atomic mass is 10.0. The number of hydrogen-bond donors (Lipinski definition) is 4. The number of rotatable bonds is 9. The Morgan fingerprint density at radius 1 is 1.26 bits per heavy atom. The van der Waals surface area contributed by atoms with Crippen molar-refractivity contribution in [1.82, 2.24) is 20.2 Å². The van der Waals surface area contributed by atoms with E-state index in [4.69, 9.17) is 15.7 Å². The molecule has 0 spiro atoms. The van der Waals surface area contributed by atoms with Gasteiger partial charge in [-0.2, -0.15) is 0 Å². The molecule has 13 nitrogen and oxygen atoms in total. The first-order chi connectivity index (χ1) is 18.2. The van der Waals surface area contributed by atoms with E-state index < -0.39 is 41.8 Å². The molecule has 17 heteroatoms. The first-order valence-corrected chi connectivity index (χ1v) is 14.2. The van der Waals surface area contributed by atoms with Crippen molar-refractivity contribution < 1.29 is 34.2 Å². The van der Waals surface area contributed by atoms with E-state index in [-0.39, 0.29) is 28.0 Å². The highest BCUT2D eigenvalue weighted by molar-refractivity contribution is 8.07. The summed E-state index contributed by atoms with van der Waals surface area (Å²) in [4.78, 5) is 63.8. The number of thiazole rings is 2. The lowest BCUT2D eigenvalue weighted by Gasteiger charge is -2.49. The van der Waals surface area contributed by atoms with Crippen LogP contribution < -0.4 is 11.1 Å². The van der Waals surface area contributed by atoms with E-state index in [9.17, 15) is 24.3 Å². The zero-order chi connectivity index (χ0) is 27.0. The standard InChI is InChI=1S/C21H16N6O7S4/c22-20-23-9(6-36-20)13(26-34-5-12(28)29)16(30)25-14-17(31)27-15(19(32)33)11(7-35-18(14)27)38-21-24-8-3-1-2-4-10(8)37-21/h1-4,6,14,18H,5,7H2,(H2,22,23)(H,25,30)(H,28,29)(H,32,33)/b26-13-/t14?,18-/m0/s1. The number of para-hydroxylation sites is 1. The van der Waals surface area contributed by atoms with Gasteiger partial charge in [0.1, 0.15) is 22.8 Å². The fraction of sp³-hybridized carbons (Fsp3) is 0.190. The van der Waals surface area contributed by atoms with Crippen molar-refractivity contribution in [3.63, 3.8) is 0 Å². The number of nitrogens with two attached hydrogens (primary N) is 1. The van der Waals surface area contributed by atoms with Crippen molar-refractivity contribution in [3.8, 4) is 0 Å². The van der Waals surface area contributed by atoms with E-state index in [2.05, 4.69) is 20.4 Å². The van der Waals surface area contributed by atoms with E-state index in [1.54, 1.807) is 0 Å². The molecule has 38 heavy (non-hydrogen) atoms. The van der Waals surface area contributed by atoms with Crippen LogP contribution in [0.2, 0.25) is 0 Å². The molecular weight excluding hydrogens is 577 g/mol. The third-order valence-corrected chi connectivity index (χ3v) is 9.55. The van der Waals surface area contributed by atoms with Gasteiger partial charge in [0.15, 0.2) is 15.2 Å². The molecule has 1 unspecified atom stereocenters. The zero-order valence-corrected chi connectivity index (χ0v) is 22.2. The molecule has 0 bridgehead atoms. The number of carboxylic acid groups (broad SMARTS) is 2. The number of nitrogens with zero attached hydrogens (tertiary/aromatic N) is 4. The summed E-state index contributed by atoms with van der Waals surface area (Å²) in [5.74, 6) is -3.75. The number of hydrogen-bond acceptors (Lipinski definition) is 13. The van der Waals surface area contributed by atoms with Gasteiger partial charge in [0, 0.05) is 16.0 Å². The van der Waals surface area contributed by atoms with E-state index in [1.807, 2.05) is 24.3 Å². The smallest absolute Gasteiger partial charge is 0.353 e. The molecule has 0 aliphatic carbocycles. The second kappa shape index (κ2) is 10.6. The number of fused-ring (bicyclic) bond motifs is 2. The zero-order valence-electron chi connectivity index (χ0n) is 18.9. The minimum absolute atomic E-state index is 0.0379. The molecule has 1 fully saturated rings. The van der Waals surface area contributed by atoms with Crippen LogP contribution in [-0.4, -0.2) is 78.3 Å². The Kier molecular flexibility index (Phi) is 7.24. The number of nitrogens with one attached hydrogen (secondary N) is 1. The molecule has 0 saturated carbocycles. The normalized spacial score (nSPS) is 19.2. The molecule has 1 aromatic carbocycles. The van der Waals surface area contributed by atoms with Gasteiger partial charge in [0.2, 0.25) is 6.61 Å². The highest BCUT2D eigenvalue weighted by atomic mass is 32.2. The topological polar surface area (TPSA) is 197 Å². The van der Waals surface area contributed by atoms with Gasteiger partial charge in [0.05, 0.1) is 10.2 Å². The van der Waals surface area contributed by atoms with Crippen LogP contribution in [0.3, 0.4) is 0 Å². The molecule has 5 N–H and O–H groups in total. The van der Waals surface area contributed by atoms with Crippen LogP contribution in [-0.2, 0) is 24.0 Å². The monoisotopic (exact) mass is 592 g/mol. The van der Waals surface area contributed by atoms with Crippen LogP contribution >= 0.6 is 46.2 Å². The molecule has 2 aliphatic rings. The number of carbonyl (C=O) groups excluding carboxylic acids is 2. The predicted molar refractivity (Wildman–Crippen MR) is 142 cm³/mol. The maximum atomic E-state index is 13.0. The van der Waals surface area contributed by atoms with E-state index in [0.29, 0.717) is 9.24 Å². The first kappa shape index (κ1) is 26.0. The summed E-state index contributed by atoms with van der Waals surface area (Å²) in [6.07, 6.45) is 0. The number of amides is 2. The average molecular weight is 593 g/mol. The van der Waals surface area contributed by atoms with Gasteiger partial charge in [-0.05, 0) is 12.1 Å². The quantitative estimate of drug-likeness (QED) is 0.159. The summed E-state index contributed by atoms with van der Waals surface area (Å²) >= 11 is 4.95. The number of β-lactam (4-membered cyclic amide) rings is 1. The van der Waals surface area contributed by atoms with Crippen molar-refractivity contribution in [2.45, 2.75) is 15.8 Å². The molecule has 4 heterocycles. The number of aliphatic carboxylic acids is 2. The minimum atomic E-state index is -1.30. The van der Waals surface area contributed by atoms with Gasteiger partial charge < -0.3 is 26.1 Å². The lowest BCUT2D eigenvalue weighted by molar-refractivity contribution is -0.150. The Labute approximate surface area is 229 Å². The highest BCUT2D eigenvalue weighted by Gasteiger charge is 2.54. The average Bonchev–Trinajstić information content (AvgIpc) is 3.49. The molecule has 2 atom stereocenters. The van der Waals surface area contributed by atoms with Gasteiger partial charge in [-0.25, -0.2) is 19.6 Å². The largest absolute Gasteiger partial charge is 0.479 e. The van der Waals surface area contributed by atoms with E-state index in [0.717, 1.165) is 26.5 Å². The summed E-state index contributed by atoms with van der Waals surface area (Å²) in [5.41, 5.74) is 5.95. The Morgan fingerprint density at radius 2 is 2.05 bits per heavy atom. The number of carboxylic acids is 2. The van der Waals surface area contributed by atoms with Gasteiger partial charge in [-0.15, -0.1) is 34.4 Å². The summed E-state index contributed by atoms with van der Waals surface area (Å²) < 4.78 is 1.62. The predicted octanol–water partition coefficient (Wildman–Crippen LogP) is 1.63. The molecule has 5 rings (SSSR count). The molecular formula is C21H16N6O7S4. The van der Waals surface area contributed by atoms with Crippen molar-refractivity contribution >= 4 is 91.0 Å². The summed E-state index contributed by atoms with van der Waals surface area (Å²) in [6, 6.07) is 6.50. The molecule has 3 aromatic rings. The third kappa shape index (κ3) is 5.04. The number of benzene rings is 1. The Morgan fingerprint density at radius 3 is 2.74 bits per heavy atom. The maximum Gasteiger partial charge on any atom is 0.353 e. The van der Waals surface area contributed by atoms with E-state index in [1.165, 1.54) is 40.2 Å². The van der Waals surface area contributed by atoms with Crippen molar-refractivity contribution in [1.29, 1.82) is 0 Å². The Hall–Kier alpha value is -3.67. The van der Waals surface area contributed by atoms with Crippen LogP contribution in [0, 0.1) is 0 Å². The summed E-state index contributed by atoms with van der Waals surface area (Å²) in [5, 5.41) is 25.7. The molecule has 0 radical (unpaired) electrons. The van der Waals surface area contributed by atoms with Gasteiger partial charge in [-0.3, -0.25) is 14.5 Å². The van der Waals surface area contributed by atoms with Crippen LogP contribution in [0.25, 0.3) is 10.2 Å². The maximum absolute atomic E-state index is 13.0. The summed E-state index contributed by atoms with van der Waals surface area (Å²) in [7, 11) is 0. The van der Waals surface area contributed by atoms with Gasteiger partial charge in [0.25, 0.3) is 11.8 Å². The number of anilines is 1. The second-order valence-corrected chi connectivity index (χ2v) is 12.0. The third-order valence-electron chi connectivity index (χ3n) is 5.23. The fourth-order valence-electron chi connectivity index (χ4n) is 3.63. The highest BCUT2D eigenvalue weighted by Crippen LogP contribution is 2.46. The van der Waals surface area contributed by atoms with E-state index >= 15 is 0 Å². The van der Waals surface area contributed by atoms with Crippen LogP contribution in [0.5, 0.6) is 0 Å². The number of thioether (sulfide) groups is 2. The van der Waals surface area contributed by atoms with Crippen molar-refractivity contribution in [3.05, 3.63) is 45.9 Å². The molecule has 196 valence electrons. The van der Waals surface area contributed by atoms with Crippen molar-refractivity contribution in [2.24, 2.45) is 5.16 Å². The van der Waals surface area contributed by atoms with Gasteiger partial charge >= 0.3 is 11.9 Å². The molecule has 2 amide bonds. The summed E-state index contributed by atoms with van der Waals surface area (Å²) in [6.45, 7) is -0.799. The number of aromatic nitrogens is 2. The van der Waals surface area contributed by atoms with Crippen LogP contribution in [0.15, 0.2) is 49.7 Å². The van der Waals surface area contributed by atoms with Crippen molar-refractivity contribution in [2.75, 3.05) is 18.1 Å². The second-order valence-electron chi connectivity index (χ2n) is 7.67. The molecule has 2 aromatic heterocycles. The Balaban J connectivity index is 1.34.